The minimum Gasteiger partial charge on any atom is -0.325 e. The van der Waals surface area contributed by atoms with Crippen molar-refractivity contribution in [1.29, 1.82) is 0 Å². The summed E-state index contributed by atoms with van der Waals surface area (Å²) in [5.74, 6) is -4.43. The zero-order chi connectivity index (χ0) is 14.9. The maximum atomic E-state index is 13.5. The standard InChI is InChI=1S/C14H17F3N2O/c1-14(18)5-3-2-4-8(14)13(20)19-12-7-10(16)9(15)6-11(12)17/h6-8H,2-5,18H2,1H3,(H,19,20). The Kier molecular flexibility index (Phi) is 4.04. The smallest absolute Gasteiger partial charge is 0.229 e. The molecule has 0 radical (unpaired) electrons. The summed E-state index contributed by atoms with van der Waals surface area (Å²) in [5, 5.41) is 2.30. The normalized spacial score (nSPS) is 26.4. The molecule has 3 N–H and O–H groups in total. The van der Waals surface area contributed by atoms with Crippen LogP contribution >= 0.6 is 0 Å². The van der Waals surface area contributed by atoms with Gasteiger partial charge in [-0.3, -0.25) is 4.79 Å². The number of carbonyl (C=O) groups excluding carboxylic acids is 1. The van der Waals surface area contributed by atoms with Crippen LogP contribution in [0.4, 0.5) is 18.9 Å². The van der Waals surface area contributed by atoms with E-state index in [1.54, 1.807) is 6.92 Å². The molecule has 3 nitrogen and oxygen atoms in total. The van der Waals surface area contributed by atoms with E-state index in [0.717, 1.165) is 12.8 Å². The first-order valence-corrected chi connectivity index (χ1v) is 6.55. The Balaban J connectivity index is 2.17. The minimum absolute atomic E-state index is 0.365. The van der Waals surface area contributed by atoms with Gasteiger partial charge in [-0.1, -0.05) is 12.8 Å². The van der Waals surface area contributed by atoms with Crippen molar-refractivity contribution in [1.82, 2.24) is 0 Å². The van der Waals surface area contributed by atoms with Gasteiger partial charge in [0.1, 0.15) is 5.82 Å². The first-order chi connectivity index (χ1) is 9.31. The quantitative estimate of drug-likeness (QED) is 0.821. The van der Waals surface area contributed by atoms with Gasteiger partial charge in [-0.25, -0.2) is 13.2 Å². The van der Waals surface area contributed by atoms with Crippen molar-refractivity contribution < 1.29 is 18.0 Å². The van der Waals surface area contributed by atoms with Crippen LogP contribution in [-0.4, -0.2) is 11.4 Å². The van der Waals surface area contributed by atoms with Gasteiger partial charge in [0.2, 0.25) is 5.91 Å². The Labute approximate surface area is 115 Å². The molecular weight excluding hydrogens is 269 g/mol. The second-order valence-corrected chi connectivity index (χ2v) is 5.54. The summed E-state index contributed by atoms with van der Waals surface area (Å²) in [7, 11) is 0. The second kappa shape index (κ2) is 5.44. The predicted molar refractivity (Wildman–Crippen MR) is 69.5 cm³/mol. The van der Waals surface area contributed by atoms with Gasteiger partial charge in [0.05, 0.1) is 11.6 Å². The highest BCUT2D eigenvalue weighted by Gasteiger charge is 2.38. The van der Waals surface area contributed by atoms with Crippen molar-refractivity contribution in [2.75, 3.05) is 5.32 Å². The lowest BCUT2D eigenvalue weighted by Gasteiger charge is -2.37. The molecule has 1 aromatic carbocycles. The van der Waals surface area contributed by atoms with Crippen LogP contribution in [0.25, 0.3) is 0 Å². The van der Waals surface area contributed by atoms with Crippen LogP contribution in [-0.2, 0) is 4.79 Å². The van der Waals surface area contributed by atoms with Gasteiger partial charge in [0.15, 0.2) is 11.6 Å². The number of nitrogens with one attached hydrogen (secondary N) is 1. The van der Waals surface area contributed by atoms with E-state index < -0.39 is 34.8 Å². The van der Waals surface area contributed by atoms with Crippen molar-refractivity contribution in [3.05, 3.63) is 29.6 Å². The molecule has 2 rings (SSSR count). The van der Waals surface area contributed by atoms with Crippen molar-refractivity contribution in [2.45, 2.75) is 38.1 Å². The third-order valence-corrected chi connectivity index (χ3v) is 3.84. The topological polar surface area (TPSA) is 55.1 Å². The van der Waals surface area contributed by atoms with E-state index in [0.29, 0.717) is 25.0 Å². The molecule has 2 atom stereocenters. The molecule has 1 aliphatic carbocycles. The van der Waals surface area contributed by atoms with Gasteiger partial charge < -0.3 is 11.1 Å². The third-order valence-electron chi connectivity index (χ3n) is 3.84. The van der Waals surface area contributed by atoms with Gasteiger partial charge in [-0.05, 0) is 19.8 Å². The van der Waals surface area contributed by atoms with E-state index in [4.69, 9.17) is 5.73 Å². The lowest BCUT2D eigenvalue weighted by Crippen LogP contribution is -2.51. The monoisotopic (exact) mass is 286 g/mol. The van der Waals surface area contributed by atoms with Crippen molar-refractivity contribution in [2.24, 2.45) is 11.7 Å². The molecule has 110 valence electrons. The average molecular weight is 286 g/mol. The Bertz CT molecular complexity index is 531. The highest BCUT2D eigenvalue weighted by Crippen LogP contribution is 2.32. The summed E-state index contributed by atoms with van der Waals surface area (Å²) in [6.07, 6.45) is 3.11. The van der Waals surface area contributed by atoms with Gasteiger partial charge in [-0.2, -0.15) is 0 Å². The molecule has 0 bridgehead atoms. The van der Waals surface area contributed by atoms with Crippen LogP contribution in [0.1, 0.15) is 32.6 Å². The fraction of sp³-hybridized carbons (Fsp3) is 0.500. The van der Waals surface area contributed by atoms with Crippen LogP contribution in [0.2, 0.25) is 0 Å². The molecule has 1 saturated carbocycles. The number of halogens is 3. The first kappa shape index (κ1) is 14.8. The largest absolute Gasteiger partial charge is 0.325 e. The zero-order valence-corrected chi connectivity index (χ0v) is 11.2. The highest BCUT2D eigenvalue weighted by atomic mass is 19.2. The van der Waals surface area contributed by atoms with E-state index in [2.05, 4.69) is 5.32 Å². The lowest BCUT2D eigenvalue weighted by atomic mass is 9.74. The van der Waals surface area contributed by atoms with Crippen LogP contribution < -0.4 is 11.1 Å². The summed E-state index contributed by atoms with van der Waals surface area (Å²) in [6, 6.07) is 1.05. The molecule has 20 heavy (non-hydrogen) atoms. The molecule has 0 aliphatic heterocycles. The SMILES string of the molecule is CC1(N)CCCCC1C(=O)Nc1cc(F)c(F)cc1F. The number of benzene rings is 1. The molecule has 0 heterocycles. The Morgan fingerprint density at radius 3 is 2.55 bits per heavy atom. The molecule has 2 unspecified atom stereocenters. The number of amides is 1. The summed E-state index contributed by atoms with van der Waals surface area (Å²) in [4.78, 5) is 12.2. The van der Waals surface area contributed by atoms with Crippen molar-refractivity contribution >= 4 is 11.6 Å². The van der Waals surface area contributed by atoms with E-state index in [1.807, 2.05) is 0 Å². The minimum atomic E-state index is -1.29. The molecular formula is C14H17F3N2O. The van der Waals surface area contributed by atoms with E-state index in [1.165, 1.54) is 0 Å². The molecule has 1 amide bonds. The van der Waals surface area contributed by atoms with E-state index >= 15 is 0 Å². The highest BCUT2D eigenvalue weighted by molar-refractivity contribution is 5.93. The lowest BCUT2D eigenvalue weighted by molar-refractivity contribution is -0.122. The summed E-state index contributed by atoms with van der Waals surface area (Å²) >= 11 is 0. The van der Waals surface area contributed by atoms with Gasteiger partial charge in [-0.15, -0.1) is 0 Å². The maximum absolute atomic E-state index is 13.5. The number of hydrogen-bond acceptors (Lipinski definition) is 2. The zero-order valence-electron chi connectivity index (χ0n) is 11.2. The van der Waals surface area contributed by atoms with E-state index in [9.17, 15) is 18.0 Å². The Morgan fingerprint density at radius 2 is 1.90 bits per heavy atom. The number of hydrogen-bond donors (Lipinski definition) is 2. The van der Waals surface area contributed by atoms with E-state index in [-0.39, 0.29) is 5.69 Å². The van der Waals surface area contributed by atoms with Gasteiger partial charge >= 0.3 is 0 Å². The fourth-order valence-corrected chi connectivity index (χ4v) is 2.63. The Hall–Kier alpha value is -1.56. The molecule has 1 aromatic rings. The van der Waals surface area contributed by atoms with Crippen LogP contribution in [0.3, 0.4) is 0 Å². The molecule has 1 aliphatic rings. The molecule has 6 heteroatoms. The van der Waals surface area contributed by atoms with Crippen LogP contribution in [0.5, 0.6) is 0 Å². The molecule has 0 saturated heterocycles. The molecule has 0 spiro atoms. The van der Waals surface area contributed by atoms with Gasteiger partial charge in [0, 0.05) is 17.7 Å². The fourth-order valence-electron chi connectivity index (χ4n) is 2.63. The molecule has 1 fully saturated rings. The van der Waals surface area contributed by atoms with Crippen LogP contribution in [0.15, 0.2) is 12.1 Å². The maximum Gasteiger partial charge on any atom is 0.229 e. The number of nitrogens with two attached hydrogens (primary N) is 1. The number of rotatable bonds is 2. The third kappa shape index (κ3) is 2.95. The predicted octanol–water partition coefficient (Wildman–Crippen LogP) is 2.95. The van der Waals surface area contributed by atoms with Crippen LogP contribution in [0, 0.1) is 23.4 Å². The second-order valence-electron chi connectivity index (χ2n) is 5.54. The van der Waals surface area contributed by atoms with Crippen molar-refractivity contribution in [3.8, 4) is 0 Å². The number of carbonyl (C=O) groups is 1. The summed E-state index contributed by atoms with van der Waals surface area (Å²) < 4.78 is 39.4. The molecule has 0 aromatic heterocycles. The average Bonchev–Trinajstić information content (AvgIpc) is 2.35. The van der Waals surface area contributed by atoms with Gasteiger partial charge in [0.25, 0.3) is 0 Å². The first-order valence-electron chi connectivity index (χ1n) is 6.55. The van der Waals surface area contributed by atoms with Crippen molar-refractivity contribution in [3.63, 3.8) is 0 Å². The summed E-state index contributed by atoms with van der Waals surface area (Å²) in [5.41, 5.74) is 5.05. The Morgan fingerprint density at radius 1 is 1.25 bits per heavy atom. The number of anilines is 1. The summed E-state index contributed by atoms with van der Waals surface area (Å²) in [6.45, 7) is 1.78.